The van der Waals surface area contributed by atoms with E-state index in [-0.39, 0.29) is 32.6 Å². The van der Waals surface area contributed by atoms with Gasteiger partial charge in [0.2, 0.25) is 17.2 Å². The van der Waals surface area contributed by atoms with Crippen LogP contribution < -0.4 is 10.6 Å². The predicted molar refractivity (Wildman–Crippen MR) is 215 cm³/mol. The topological polar surface area (TPSA) is 241 Å². The summed E-state index contributed by atoms with van der Waals surface area (Å²) in [4.78, 5) is 11.7. The van der Waals surface area contributed by atoms with Crippen LogP contribution >= 0.6 is 11.6 Å². The highest BCUT2D eigenvalue weighted by Crippen LogP contribution is 2.42. The molecule has 1 heterocycles. The van der Waals surface area contributed by atoms with Crippen LogP contribution in [0.3, 0.4) is 0 Å². The molecule has 0 unspecified atom stereocenters. The summed E-state index contributed by atoms with van der Waals surface area (Å²) < 4.78 is 66.5. The number of anilines is 3. The number of aromatic hydroxyl groups is 1. The average molecular weight is 824 g/mol. The molecule has 0 bridgehead atoms. The van der Waals surface area contributed by atoms with Gasteiger partial charge in [-0.2, -0.15) is 47.1 Å². The van der Waals surface area contributed by atoms with Crippen LogP contribution in [-0.4, -0.2) is 52.5 Å². The largest absolute Gasteiger partial charge is 0.505 e. The van der Waals surface area contributed by atoms with Gasteiger partial charge in [-0.25, -0.2) is 0 Å². The Morgan fingerprint density at radius 3 is 1.75 bits per heavy atom. The molecule has 5 aromatic rings. The van der Waals surface area contributed by atoms with E-state index in [1.807, 2.05) is 0 Å². The summed E-state index contributed by atoms with van der Waals surface area (Å²) in [7, 11) is -9.21. The lowest BCUT2D eigenvalue weighted by Crippen LogP contribution is -2.08. The number of fused-ring (bicyclic) bond motifs is 1. The molecule has 0 amide bonds. The summed E-state index contributed by atoms with van der Waals surface area (Å²) in [5.74, 6) is -0.0881. The van der Waals surface area contributed by atoms with E-state index in [2.05, 4.69) is 53.0 Å². The Kier molecular flexibility index (Phi) is 14.7. The fraction of sp³-hybridized carbons (Fsp3) is 0.324. The maximum atomic E-state index is 12.4. The molecule has 0 aliphatic carbocycles. The van der Waals surface area contributed by atoms with Crippen LogP contribution in [0.15, 0.2) is 103 Å². The monoisotopic (exact) mass is 823 g/mol. The minimum absolute atomic E-state index is 0.0273. The molecule has 5 N–H and O–H groups in total. The Balaban J connectivity index is 1.23. The van der Waals surface area contributed by atoms with Crippen LogP contribution in [0.25, 0.3) is 10.8 Å². The van der Waals surface area contributed by atoms with Gasteiger partial charge in [0.05, 0.1) is 22.0 Å². The Bertz CT molecular complexity index is 2400. The van der Waals surface area contributed by atoms with E-state index in [9.17, 15) is 26.5 Å². The molecule has 1 aromatic heterocycles. The summed E-state index contributed by atoms with van der Waals surface area (Å²) in [5, 5.41) is 33.9. The van der Waals surface area contributed by atoms with Crippen molar-refractivity contribution in [2.45, 2.75) is 80.9 Å². The number of nitrogens with one attached hydrogen (secondary N) is 2. The molecular formula is C37H42ClN9O7S2. The second kappa shape index (κ2) is 19.6. The van der Waals surface area contributed by atoms with Crippen molar-refractivity contribution in [2.75, 3.05) is 17.2 Å². The number of unbranched alkanes of at least 4 members (excludes halogenated alkanes) is 9. The van der Waals surface area contributed by atoms with Gasteiger partial charge in [0.1, 0.15) is 10.6 Å². The molecule has 0 saturated heterocycles. The SMILES string of the molecule is CCCCCCCCCCCCNc1nc(Cl)nc(Nc2ccc3c(O)c(N=Nc4ccc(N=Nc5ccc(S(=O)(=O)O)cc5)cc4)c(S(=O)(=O)O)cc3c2)n1. The molecule has 0 atom stereocenters. The number of phenols is 1. The number of azo groups is 2. The second-order valence-electron chi connectivity index (χ2n) is 12.9. The van der Waals surface area contributed by atoms with Gasteiger partial charge < -0.3 is 15.7 Å². The molecule has 56 heavy (non-hydrogen) atoms. The molecule has 0 saturated carbocycles. The molecule has 0 aliphatic rings. The predicted octanol–water partition coefficient (Wildman–Crippen LogP) is 10.8. The molecule has 296 valence electrons. The van der Waals surface area contributed by atoms with Crippen LogP contribution in [-0.2, 0) is 20.2 Å². The number of hydrogen-bond donors (Lipinski definition) is 5. The first kappa shape index (κ1) is 42.0. The molecule has 19 heteroatoms. The lowest BCUT2D eigenvalue weighted by Gasteiger charge is -2.12. The molecule has 0 spiro atoms. The van der Waals surface area contributed by atoms with Gasteiger partial charge in [-0.05, 0) is 96.2 Å². The number of rotatable bonds is 20. The highest BCUT2D eigenvalue weighted by Gasteiger charge is 2.22. The van der Waals surface area contributed by atoms with Gasteiger partial charge >= 0.3 is 0 Å². The van der Waals surface area contributed by atoms with Crippen molar-refractivity contribution in [3.63, 3.8) is 0 Å². The van der Waals surface area contributed by atoms with Gasteiger partial charge in [-0.1, -0.05) is 64.7 Å². The summed E-state index contributed by atoms with van der Waals surface area (Å²) in [6, 6.07) is 17.1. The standard InChI is InChI=1S/C37H42ClN9O7S2/c1-2-3-4-5-6-7-8-9-10-11-22-39-36-41-35(38)42-37(43-36)40-29-18-21-31-25(23-29)24-32(56(52,53)54)33(34(31)48)47-46-27-14-12-26(13-15-27)44-45-28-16-19-30(20-17-28)55(49,50)51/h12-21,23-24,48H,2-11,22H2,1H3,(H,49,50,51)(H,52,53,54)(H2,39,40,41,42,43). The highest BCUT2D eigenvalue weighted by atomic mass is 35.5. The first-order valence-electron chi connectivity index (χ1n) is 18.0. The van der Waals surface area contributed by atoms with Crippen molar-refractivity contribution in [3.8, 4) is 5.75 Å². The van der Waals surface area contributed by atoms with Gasteiger partial charge in [0, 0.05) is 17.6 Å². The number of hydrogen-bond acceptors (Lipinski definition) is 14. The van der Waals surface area contributed by atoms with E-state index < -0.39 is 36.6 Å². The lowest BCUT2D eigenvalue weighted by atomic mass is 10.1. The molecule has 0 radical (unpaired) electrons. The molecular weight excluding hydrogens is 782 g/mol. The normalized spacial score (nSPS) is 12.2. The van der Waals surface area contributed by atoms with Gasteiger partial charge in [-0.3, -0.25) is 9.11 Å². The molecule has 5 rings (SSSR count). The van der Waals surface area contributed by atoms with E-state index in [1.165, 1.54) is 99.9 Å². The van der Waals surface area contributed by atoms with Crippen molar-refractivity contribution < 1.29 is 31.0 Å². The van der Waals surface area contributed by atoms with Gasteiger partial charge in [0.25, 0.3) is 20.2 Å². The minimum Gasteiger partial charge on any atom is -0.505 e. The van der Waals surface area contributed by atoms with Crippen molar-refractivity contribution in [1.82, 2.24) is 15.0 Å². The maximum absolute atomic E-state index is 12.4. The van der Waals surface area contributed by atoms with Crippen LogP contribution in [0.2, 0.25) is 5.28 Å². The number of phenolic OH excluding ortho intramolecular Hbond substituents is 1. The van der Waals surface area contributed by atoms with Crippen molar-refractivity contribution in [2.24, 2.45) is 20.5 Å². The fourth-order valence-electron chi connectivity index (χ4n) is 5.64. The summed E-state index contributed by atoms with van der Waals surface area (Å²) in [6.45, 7) is 2.89. The van der Waals surface area contributed by atoms with E-state index >= 15 is 0 Å². The van der Waals surface area contributed by atoms with Crippen LogP contribution in [0.1, 0.15) is 71.1 Å². The maximum Gasteiger partial charge on any atom is 0.296 e. The van der Waals surface area contributed by atoms with E-state index in [0.717, 1.165) is 18.9 Å². The molecule has 16 nitrogen and oxygen atoms in total. The summed E-state index contributed by atoms with van der Waals surface area (Å²) in [5.41, 5.74) is 0.953. The minimum atomic E-state index is -4.88. The van der Waals surface area contributed by atoms with E-state index in [1.54, 1.807) is 18.2 Å². The zero-order valence-corrected chi connectivity index (χ0v) is 32.9. The third kappa shape index (κ3) is 12.4. The van der Waals surface area contributed by atoms with Gasteiger partial charge in [0.15, 0.2) is 5.75 Å². The van der Waals surface area contributed by atoms with E-state index in [0.29, 0.717) is 29.6 Å². The summed E-state index contributed by atoms with van der Waals surface area (Å²) in [6.07, 6.45) is 12.2. The average Bonchev–Trinajstić information content (AvgIpc) is 3.15. The number of halogens is 1. The number of nitrogens with zero attached hydrogens (tertiary/aromatic N) is 7. The van der Waals surface area contributed by atoms with Crippen molar-refractivity contribution >= 4 is 82.9 Å². The number of aromatic nitrogens is 3. The zero-order valence-electron chi connectivity index (χ0n) is 30.5. The fourth-order valence-corrected chi connectivity index (χ4v) is 6.94. The third-order valence-electron chi connectivity index (χ3n) is 8.54. The first-order chi connectivity index (χ1) is 26.8. The van der Waals surface area contributed by atoms with E-state index in [4.69, 9.17) is 16.2 Å². The molecule has 4 aromatic carbocycles. The Hall–Kier alpha value is -5.14. The Morgan fingerprint density at radius 1 is 0.643 bits per heavy atom. The molecule has 0 aliphatic heterocycles. The van der Waals surface area contributed by atoms with Crippen LogP contribution in [0, 0.1) is 0 Å². The first-order valence-corrected chi connectivity index (χ1v) is 21.3. The quantitative estimate of drug-likeness (QED) is 0.0280. The highest BCUT2D eigenvalue weighted by molar-refractivity contribution is 7.86. The van der Waals surface area contributed by atoms with Gasteiger partial charge in [-0.15, -0.1) is 5.11 Å². The smallest absolute Gasteiger partial charge is 0.296 e. The second-order valence-corrected chi connectivity index (χ2v) is 16.0. The number of benzene rings is 4. The Morgan fingerprint density at radius 2 is 1.18 bits per heavy atom. The lowest BCUT2D eigenvalue weighted by molar-refractivity contribution is 0.472. The summed E-state index contributed by atoms with van der Waals surface area (Å²) >= 11 is 6.18. The Labute approximate surface area is 330 Å². The molecule has 0 fully saturated rings. The van der Waals surface area contributed by atoms with Crippen molar-refractivity contribution in [1.29, 1.82) is 0 Å². The van der Waals surface area contributed by atoms with Crippen LogP contribution in [0.4, 0.5) is 40.3 Å². The van der Waals surface area contributed by atoms with Crippen molar-refractivity contribution in [3.05, 3.63) is 78.1 Å². The third-order valence-corrected chi connectivity index (χ3v) is 10.4. The zero-order chi connectivity index (χ0) is 40.1. The van der Waals surface area contributed by atoms with Crippen LogP contribution in [0.5, 0.6) is 5.75 Å².